The van der Waals surface area contributed by atoms with E-state index in [-0.39, 0.29) is 0 Å². The summed E-state index contributed by atoms with van der Waals surface area (Å²) in [6.45, 7) is 2.22. The summed E-state index contributed by atoms with van der Waals surface area (Å²) < 4.78 is 7.10. The van der Waals surface area contributed by atoms with Crippen LogP contribution in [0.3, 0.4) is 0 Å². The minimum absolute atomic E-state index is 0.490. The van der Waals surface area contributed by atoms with E-state index in [9.17, 15) is 0 Å². The second-order valence-electron chi connectivity index (χ2n) is 5.16. The molecule has 4 nitrogen and oxygen atoms in total. The smallest absolute Gasteiger partial charge is 0.152 e. The third-order valence-electron chi connectivity index (χ3n) is 3.61. The molecular weight excluding hydrogens is 262 g/mol. The molecule has 0 bridgehead atoms. The Morgan fingerprint density at radius 1 is 1.24 bits per heavy atom. The number of methoxy groups -OCH3 is 1. The van der Waals surface area contributed by atoms with Gasteiger partial charge < -0.3 is 10.1 Å². The first-order valence-corrected chi connectivity index (χ1v) is 7.10. The molecule has 2 aromatic rings. The Bertz CT molecular complexity index is 668. The molecule has 1 N–H and O–H groups in total. The van der Waals surface area contributed by atoms with Crippen LogP contribution in [0, 0.1) is 5.92 Å². The van der Waals surface area contributed by atoms with Gasteiger partial charge in [0, 0.05) is 29.6 Å². The fourth-order valence-electron chi connectivity index (χ4n) is 2.39. The molecule has 3 rings (SSSR count). The van der Waals surface area contributed by atoms with Gasteiger partial charge in [-0.1, -0.05) is 19.1 Å². The van der Waals surface area contributed by atoms with Crippen molar-refractivity contribution in [3.05, 3.63) is 54.8 Å². The number of rotatable bonds is 4. The predicted molar refractivity (Wildman–Crippen MR) is 85.7 cm³/mol. The van der Waals surface area contributed by atoms with Gasteiger partial charge in [-0.25, -0.2) is 4.68 Å². The number of aromatic nitrogens is 2. The van der Waals surface area contributed by atoms with E-state index in [1.165, 1.54) is 5.70 Å². The number of allylic oxidation sites excluding steroid dienone is 4. The number of anilines is 2. The van der Waals surface area contributed by atoms with Crippen molar-refractivity contribution in [2.45, 2.75) is 13.3 Å². The Hall–Kier alpha value is -2.49. The molecule has 108 valence electrons. The van der Waals surface area contributed by atoms with Crippen LogP contribution >= 0.6 is 0 Å². The largest absolute Gasteiger partial charge is 0.497 e. The molecule has 1 aromatic heterocycles. The van der Waals surface area contributed by atoms with Crippen LogP contribution < -0.4 is 10.1 Å². The molecule has 4 heteroatoms. The van der Waals surface area contributed by atoms with Crippen LogP contribution in [-0.2, 0) is 0 Å². The zero-order valence-corrected chi connectivity index (χ0v) is 12.3. The molecule has 0 amide bonds. The molecule has 0 spiro atoms. The molecule has 0 saturated carbocycles. The van der Waals surface area contributed by atoms with E-state index in [2.05, 4.69) is 35.6 Å². The highest BCUT2D eigenvalue weighted by atomic mass is 16.5. The van der Waals surface area contributed by atoms with Crippen LogP contribution in [-0.4, -0.2) is 16.9 Å². The van der Waals surface area contributed by atoms with Crippen LogP contribution in [0.4, 0.5) is 11.5 Å². The molecule has 1 aliphatic rings. The lowest BCUT2D eigenvalue weighted by atomic mass is 9.99. The van der Waals surface area contributed by atoms with Gasteiger partial charge in [-0.15, -0.1) is 0 Å². The first-order chi connectivity index (χ1) is 10.3. The second-order valence-corrected chi connectivity index (χ2v) is 5.16. The Morgan fingerprint density at radius 3 is 2.76 bits per heavy atom. The van der Waals surface area contributed by atoms with Crippen molar-refractivity contribution in [1.29, 1.82) is 0 Å². The molecule has 0 fully saturated rings. The van der Waals surface area contributed by atoms with Gasteiger partial charge in [0.25, 0.3) is 0 Å². The van der Waals surface area contributed by atoms with Crippen molar-refractivity contribution in [3.8, 4) is 5.75 Å². The molecule has 1 aromatic carbocycles. The minimum atomic E-state index is 0.490. The summed E-state index contributed by atoms with van der Waals surface area (Å²) in [6, 6.07) is 9.79. The SMILES string of the molecule is COc1ccc(Nc2ccn(C3=CC=CCC3C)n2)cc1. The summed E-state index contributed by atoms with van der Waals surface area (Å²) in [4.78, 5) is 0. The maximum absolute atomic E-state index is 5.15. The van der Waals surface area contributed by atoms with Gasteiger partial charge in [-0.3, -0.25) is 0 Å². The maximum Gasteiger partial charge on any atom is 0.152 e. The molecule has 1 aliphatic carbocycles. The van der Waals surface area contributed by atoms with E-state index >= 15 is 0 Å². The summed E-state index contributed by atoms with van der Waals surface area (Å²) in [5.41, 5.74) is 2.21. The summed E-state index contributed by atoms with van der Waals surface area (Å²) in [5.74, 6) is 2.17. The fourth-order valence-corrected chi connectivity index (χ4v) is 2.39. The van der Waals surface area contributed by atoms with E-state index < -0.39 is 0 Å². The number of ether oxygens (including phenoxy) is 1. The third kappa shape index (κ3) is 2.99. The van der Waals surface area contributed by atoms with Gasteiger partial charge >= 0.3 is 0 Å². The van der Waals surface area contributed by atoms with Crippen LogP contribution in [0.1, 0.15) is 13.3 Å². The van der Waals surface area contributed by atoms with E-state index in [4.69, 9.17) is 4.74 Å². The van der Waals surface area contributed by atoms with Gasteiger partial charge in [-0.05, 0) is 36.8 Å². The lowest BCUT2D eigenvalue weighted by Gasteiger charge is -2.16. The van der Waals surface area contributed by atoms with Crippen molar-refractivity contribution in [3.63, 3.8) is 0 Å². The van der Waals surface area contributed by atoms with E-state index in [0.29, 0.717) is 5.92 Å². The Labute approximate surface area is 124 Å². The van der Waals surface area contributed by atoms with Crippen LogP contribution in [0.15, 0.2) is 54.8 Å². The summed E-state index contributed by atoms with van der Waals surface area (Å²) >= 11 is 0. The number of hydrogen-bond acceptors (Lipinski definition) is 3. The first-order valence-electron chi connectivity index (χ1n) is 7.10. The van der Waals surface area contributed by atoms with Crippen molar-refractivity contribution in [2.24, 2.45) is 5.92 Å². The topological polar surface area (TPSA) is 39.1 Å². The zero-order valence-electron chi connectivity index (χ0n) is 12.3. The molecule has 1 heterocycles. The molecule has 1 unspecified atom stereocenters. The lowest BCUT2D eigenvalue weighted by molar-refractivity contribution is 0.415. The highest BCUT2D eigenvalue weighted by Crippen LogP contribution is 2.25. The average Bonchev–Trinajstić information content (AvgIpc) is 2.97. The van der Waals surface area contributed by atoms with Crippen LogP contribution in [0.25, 0.3) is 5.70 Å². The van der Waals surface area contributed by atoms with E-state index in [1.807, 2.05) is 41.2 Å². The normalized spacial score (nSPS) is 17.4. The minimum Gasteiger partial charge on any atom is -0.497 e. The number of nitrogens with one attached hydrogen (secondary N) is 1. The lowest BCUT2D eigenvalue weighted by Crippen LogP contribution is -2.08. The monoisotopic (exact) mass is 281 g/mol. The van der Waals surface area contributed by atoms with Crippen molar-refractivity contribution >= 4 is 17.2 Å². The maximum atomic E-state index is 5.15. The molecule has 21 heavy (non-hydrogen) atoms. The van der Waals surface area contributed by atoms with Crippen molar-refractivity contribution < 1.29 is 4.74 Å². The van der Waals surface area contributed by atoms with Crippen LogP contribution in [0.5, 0.6) is 5.75 Å². The Kier molecular flexibility index (Phi) is 3.77. The van der Waals surface area contributed by atoms with Gasteiger partial charge in [0.1, 0.15) is 5.75 Å². The molecule has 0 radical (unpaired) electrons. The Balaban J connectivity index is 1.75. The zero-order chi connectivity index (χ0) is 14.7. The molecule has 1 atom stereocenters. The quantitative estimate of drug-likeness (QED) is 0.918. The summed E-state index contributed by atoms with van der Waals surface area (Å²) in [6.07, 6.45) is 9.46. The van der Waals surface area contributed by atoms with Crippen molar-refractivity contribution in [1.82, 2.24) is 9.78 Å². The first kappa shape index (κ1) is 13.5. The van der Waals surface area contributed by atoms with Gasteiger partial charge in [0.15, 0.2) is 5.82 Å². The van der Waals surface area contributed by atoms with Gasteiger partial charge in [0.05, 0.1) is 7.11 Å². The third-order valence-corrected chi connectivity index (χ3v) is 3.61. The number of nitrogens with zero attached hydrogens (tertiary/aromatic N) is 2. The second kappa shape index (κ2) is 5.87. The molecule has 0 aliphatic heterocycles. The Morgan fingerprint density at radius 2 is 2.05 bits per heavy atom. The number of benzene rings is 1. The molecule has 0 saturated heterocycles. The highest BCUT2D eigenvalue weighted by molar-refractivity contribution is 5.59. The van der Waals surface area contributed by atoms with Gasteiger partial charge in [0.2, 0.25) is 0 Å². The summed E-state index contributed by atoms with van der Waals surface area (Å²) in [5, 5.41) is 7.89. The summed E-state index contributed by atoms with van der Waals surface area (Å²) in [7, 11) is 1.66. The van der Waals surface area contributed by atoms with Gasteiger partial charge in [-0.2, -0.15) is 5.10 Å². The number of hydrogen-bond donors (Lipinski definition) is 1. The molecular formula is C17H19N3O. The predicted octanol–water partition coefficient (Wildman–Crippen LogP) is 4.07. The average molecular weight is 281 g/mol. The van der Waals surface area contributed by atoms with E-state index in [1.54, 1.807) is 7.11 Å². The van der Waals surface area contributed by atoms with E-state index in [0.717, 1.165) is 23.7 Å². The van der Waals surface area contributed by atoms with Crippen LogP contribution in [0.2, 0.25) is 0 Å². The fraction of sp³-hybridized carbons (Fsp3) is 0.235. The highest BCUT2D eigenvalue weighted by Gasteiger charge is 2.13. The standard InChI is InChI=1S/C17H19N3O/c1-13-5-3-4-6-16(13)20-12-11-17(19-20)18-14-7-9-15(21-2)10-8-14/h3-4,6-13H,5H2,1-2H3,(H,18,19). The van der Waals surface area contributed by atoms with Crippen molar-refractivity contribution in [2.75, 3.05) is 12.4 Å².